The summed E-state index contributed by atoms with van der Waals surface area (Å²) >= 11 is 3.44. The van der Waals surface area contributed by atoms with Crippen molar-refractivity contribution >= 4 is 15.9 Å². The molecule has 0 amide bonds. The van der Waals surface area contributed by atoms with E-state index in [1.165, 1.54) is 0 Å². The van der Waals surface area contributed by atoms with Crippen molar-refractivity contribution in [2.45, 2.75) is 20.1 Å². The normalized spacial score (nSPS) is 10.4. The van der Waals surface area contributed by atoms with Crippen molar-refractivity contribution in [3.63, 3.8) is 0 Å². The Labute approximate surface area is 122 Å². The molecule has 3 nitrogen and oxygen atoms in total. The Balaban J connectivity index is 2.06. The summed E-state index contributed by atoms with van der Waals surface area (Å²) < 4.78 is 6.77. The lowest BCUT2D eigenvalue weighted by molar-refractivity contribution is 0.289. The van der Waals surface area contributed by atoms with Crippen LogP contribution in [0.3, 0.4) is 0 Å². The first-order chi connectivity index (χ1) is 9.29. The molecular weight excluding hydrogens is 304 g/mol. The van der Waals surface area contributed by atoms with Gasteiger partial charge < -0.3 is 10.1 Å². The standard InChI is InChI=1S/C15H17BrN2O/c1-2-17-9-13-8-14(16)10-18-15(13)19-11-12-6-4-3-5-7-12/h3-8,10,17H,2,9,11H2,1H3. The van der Waals surface area contributed by atoms with E-state index in [1.54, 1.807) is 6.20 Å². The minimum Gasteiger partial charge on any atom is -0.473 e. The second-order valence-electron chi connectivity index (χ2n) is 4.17. The molecule has 0 aliphatic carbocycles. The number of nitrogens with zero attached hydrogens (tertiary/aromatic N) is 1. The minimum absolute atomic E-state index is 0.536. The van der Waals surface area contributed by atoms with Gasteiger partial charge in [0.15, 0.2) is 0 Å². The van der Waals surface area contributed by atoms with Gasteiger partial charge in [0.05, 0.1) is 0 Å². The van der Waals surface area contributed by atoms with Crippen LogP contribution in [0.25, 0.3) is 0 Å². The lowest BCUT2D eigenvalue weighted by Crippen LogP contribution is -2.13. The number of benzene rings is 1. The third-order valence-corrected chi connectivity index (χ3v) is 3.11. The van der Waals surface area contributed by atoms with Gasteiger partial charge in [-0.2, -0.15) is 0 Å². The highest BCUT2D eigenvalue weighted by Crippen LogP contribution is 2.20. The number of aromatic nitrogens is 1. The topological polar surface area (TPSA) is 34.2 Å². The summed E-state index contributed by atoms with van der Waals surface area (Å²) in [7, 11) is 0. The minimum atomic E-state index is 0.536. The lowest BCUT2D eigenvalue weighted by Gasteiger charge is -2.11. The monoisotopic (exact) mass is 320 g/mol. The van der Waals surface area contributed by atoms with E-state index in [0.717, 1.165) is 28.7 Å². The number of nitrogens with one attached hydrogen (secondary N) is 1. The van der Waals surface area contributed by atoms with Gasteiger partial charge in [-0.05, 0) is 34.1 Å². The highest BCUT2D eigenvalue weighted by Gasteiger charge is 2.06. The molecule has 0 atom stereocenters. The number of rotatable bonds is 6. The second kappa shape index (κ2) is 7.26. The summed E-state index contributed by atoms with van der Waals surface area (Å²) in [6.07, 6.45) is 1.76. The quantitative estimate of drug-likeness (QED) is 0.884. The van der Waals surface area contributed by atoms with Gasteiger partial charge in [0, 0.05) is 22.8 Å². The van der Waals surface area contributed by atoms with Gasteiger partial charge in [0.1, 0.15) is 6.61 Å². The van der Waals surface area contributed by atoms with Crippen molar-refractivity contribution < 1.29 is 4.74 Å². The zero-order chi connectivity index (χ0) is 13.5. The van der Waals surface area contributed by atoms with E-state index in [-0.39, 0.29) is 0 Å². The van der Waals surface area contributed by atoms with Crippen molar-refractivity contribution in [3.8, 4) is 5.88 Å². The molecular formula is C15H17BrN2O. The molecule has 0 aliphatic rings. The van der Waals surface area contributed by atoms with Crippen LogP contribution in [0, 0.1) is 0 Å². The van der Waals surface area contributed by atoms with Gasteiger partial charge in [-0.15, -0.1) is 0 Å². The number of ether oxygens (including phenoxy) is 1. The molecule has 2 rings (SSSR count). The maximum atomic E-state index is 5.80. The van der Waals surface area contributed by atoms with Crippen LogP contribution in [0.5, 0.6) is 5.88 Å². The summed E-state index contributed by atoms with van der Waals surface area (Å²) in [5.74, 6) is 0.688. The average molecular weight is 321 g/mol. The van der Waals surface area contributed by atoms with Crippen molar-refractivity contribution in [1.82, 2.24) is 10.3 Å². The average Bonchev–Trinajstić information content (AvgIpc) is 2.45. The molecule has 0 saturated carbocycles. The fourth-order valence-corrected chi connectivity index (χ4v) is 2.09. The van der Waals surface area contributed by atoms with Crippen LogP contribution < -0.4 is 10.1 Å². The molecule has 4 heteroatoms. The van der Waals surface area contributed by atoms with Gasteiger partial charge in [-0.1, -0.05) is 37.3 Å². The van der Waals surface area contributed by atoms with E-state index in [0.29, 0.717) is 12.5 Å². The van der Waals surface area contributed by atoms with Gasteiger partial charge in [0.2, 0.25) is 5.88 Å². The lowest BCUT2D eigenvalue weighted by atomic mass is 10.2. The third-order valence-electron chi connectivity index (χ3n) is 2.68. The molecule has 0 spiro atoms. The van der Waals surface area contributed by atoms with E-state index < -0.39 is 0 Å². The summed E-state index contributed by atoms with van der Waals surface area (Å²) in [6.45, 7) is 4.29. The summed E-state index contributed by atoms with van der Waals surface area (Å²) in [6, 6.07) is 12.1. The van der Waals surface area contributed by atoms with E-state index in [4.69, 9.17) is 4.74 Å². The van der Waals surface area contributed by atoms with Gasteiger partial charge in [-0.25, -0.2) is 4.98 Å². The van der Waals surface area contributed by atoms with Crippen LogP contribution in [0.4, 0.5) is 0 Å². The summed E-state index contributed by atoms with van der Waals surface area (Å²) in [5, 5.41) is 3.29. The summed E-state index contributed by atoms with van der Waals surface area (Å²) in [4.78, 5) is 4.34. The number of hydrogen-bond donors (Lipinski definition) is 1. The van der Waals surface area contributed by atoms with Crippen LogP contribution in [0.1, 0.15) is 18.1 Å². The van der Waals surface area contributed by atoms with Crippen LogP contribution >= 0.6 is 15.9 Å². The van der Waals surface area contributed by atoms with Crippen LogP contribution in [-0.4, -0.2) is 11.5 Å². The van der Waals surface area contributed by atoms with Crippen molar-refractivity contribution in [3.05, 3.63) is 58.2 Å². The second-order valence-corrected chi connectivity index (χ2v) is 5.09. The van der Waals surface area contributed by atoms with Crippen molar-refractivity contribution in [2.75, 3.05) is 6.54 Å². The Morgan fingerprint density at radius 3 is 2.79 bits per heavy atom. The van der Waals surface area contributed by atoms with E-state index in [9.17, 15) is 0 Å². The van der Waals surface area contributed by atoms with Gasteiger partial charge >= 0.3 is 0 Å². The molecule has 0 bridgehead atoms. The number of hydrogen-bond acceptors (Lipinski definition) is 3. The molecule has 1 N–H and O–H groups in total. The molecule has 0 unspecified atom stereocenters. The molecule has 1 aromatic carbocycles. The highest BCUT2D eigenvalue weighted by atomic mass is 79.9. The Hall–Kier alpha value is -1.39. The van der Waals surface area contributed by atoms with Crippen LogP contribution in [0.2, 0.25) is 0 Å². The maximum absolute atomic E-state index is 5.80. The largest absolute Gasteiger partial charge is 0.473 e. The Bertz CT molecular complexity index is 517. The molecule has 2 aromatic rings. The summed E-state index contributed by atoms with van der Waals surface area (Å²) in [5.41, 5.74) is 2.20. The van der Waals surface area contributed by atoms with Crippen LogP contribution in [0.15, 0.2) is 47.1 Å². The van der Waals surface area contributed by atoms with E-state index in [2.05, 4.69) is 33.2 Å². The first-order valence-electron chi connectivity index (χ1n) is 6.31. The molecule has 0 aliphatic heterocycles. The number of pyridine rings is 1. The molecule has 1 aromatic heterocycles. The number of halogens is 1. The molecule has 1 heterocycles. The Morgan fingerprint density at radius 1 is 1.26 bits per heavy atom. The fraction of sp³-hybridized carbons (Fsp3) is 0.267. The smallest absolute Gasteiger partial charge is 0.218 e. The highest BCUT2D eigenvalue weighted by molar-refractivity contribution is 9.10. The van der Waals surface area contributed by atoms with Gasteiger partial charge in [-0.3, -0.25) is 0 Å². The van der Waals surface area contributed by atoms with E-state index >= 15 is 0 Å². The molecule has 0 saturated heterocycles. The molecule has 100 valence electrons. The molecule has 19 heavy (non-hydrogen) atoms. The fourth-order valence-electron chi connectivity index (χ4n) is 1.71. The zero-order valence-corrected chi connectivity index (χ0v) is 12.5. The van der Waals surface area contributed by atoms with Gasteiger partial charge in [0.25, 0.3) is 0 Å². The first-order valence-corrected chi connectivity index (χ1v) is 7.10. The van der Waals surface area contributed by atoms with Crippen molar-refractivity contribution in [2.24, 2.45) is 0 Å². The zero-order valence-electron chi connectivity index (χ0n) is 10.9. The maximum Gasteiger partial charge on any atom is 0.218 e. The Kier molecular flexibility index (Phi) is 5.36. The Morgan fingerprint density at radius 2 is 2.05 bits per heavy atom. The van der Waals surface area contributed by atoms with Crippen LogP contribution in [-0.2, 0) is 13.2 Å². The third kappa shape index (κ3) is 4.33. The predicted molar refractivity (Wildman–Crippen MR) is 80.1 cm³/mol. The molecule has 0 fully saturated rings. The SMILES string of the molecule is CCNCc1cc(Br)cnc1OCc1ccccc1. The van der Waals surface area contributed by atoms with Crippen molar-refractivity contribution in [1.29, 1.82) is 0 Å². The first kappa shape index (κ1) is 14.0. The molecule has 0 radical (unpaired) electrons. The predicted octanol–water partition coefficient (Wildman–Crippen LogP) is 3.53. The van der Waals surface area contributed by atoms with E-state index in [1.807, 2.05) is 36.4 Å².